The van der Waals surface area contributed by atoms with Crippen LogP contribution in [0, 0.1) is 17.8 Å². The molecule has 3 aliphatic rings. The average molecular weight is 744 g/mol. The Hall–Kier alpha value is -3.66. The third kappa shape index (κ3) is 7.87. The van der Waals surface area contributed by atoms with Crippen LogP contribution in [-0.4, -0.2) is 81.9 Å². The highest BCUT2D eigenvalue weighted by Gasteiger charge is 2.38. The van der Waals surface area contributed by atoms with Gasteiger partial charge in [-0.2, -0.15) is 0 Å². The van der Waals surface area contributed by atoms with Gasteiger partial charge in [0.05, 0.1) is 21.3 Å². The second-order valence-electron chi connectivity index (χ2n) is 17.2. The summed E-state index contributed by atoms with van der Waals surface area (Å²) >= 11 is 0. The molecular formula is C45H65N3O6. The molecule has 0 aliphatic carbocycles. The Balaban J connectivity index is 1.62. The van der Waals surface area contributed by atoms with Gasteiger partial charge in [-0.25, -0.2) is 0 Å². The van der Waals surface area contributed by atoms with Gasteiger partial charge in [-0.1, -0.05) is 41.5 Å². The number of aromatic hydroxyl groups is 1. The van der Waals surface area contributed by atoms with E-state index >= 15 is 0 Å². The molecule has 0 fully saturated rings. The monoisotopic (exact) mass is 743 g/mol. The van der Waals surface area contributed by atoms with E-state index in [4.69, 9.17) is 23.7 Å². The maximum atomic E-state index is 12.0. The van der Waals surface area contributed by atoms with Gasteiger partial charge >= 0.3 is 0 Å². The number of nitrogens with zero attached hydrogens (tertiary/aromatic N) is 3. The van der Waals surface area contributed by atoms with Crippen molar-refractivity contribution < 1.29 is 28.8 Å². The molecule has 3 aromatic rings. The number of phenolic OH excluding ortho intramolecular Hbond substituents is 1. The molecule has 0 radical (unpaired) electrons. The van der Waals surface area contributed by atoms with Gasteiger partial charge in [-0.15, -0.1) is 0 Å². The quantitative estimate of drug-likeness (QED) is 0.184. The van der Waals surface area contributed by atoms with E-state index in [1.165, 1.54) is 16.7 Å². The maximum Gasteiger partial charge on any atom is 0.212 e. The lowest BCUT2D eigenvalue weighted by Crippen LogP contribution is -2.34. The van der Waals surface area contributed by atoms with Crippen molar-refractivity contribution >= 4 is 0 Å². The van der Waals surface area contributed by atoms with Crippen molar-refractivity contribution in [2.75, 3.05) is 62.1 Å². The molecule has 3 atom stereocenters. The van der Waals surface area contributed by atoms with Gasteiger partial charge in [0.1, 0.15) is 0 Å². The summed E-state index contributed by atoms with van der Waals surface area (Å²) in [5.74, 6) is 5.11. The number of fused-ring (bicyclic) bond motifs is 3. The molecule has 3 aliphatic heterocycles. The number of methoxy groups -OCH3 is 3. The number of rotatable bonds is 13. The van der Waals surface area contributed by atoms with Crippen molar-refractivity contribution in [1.82, 2.24) is 14.7 Å². The van der Waals surface area contributed by atoms with Gasteiger partial charge in [-0.05, 0) is 124 Å². The molecule has 0 bridgehead atoms. The zero-order valence-corrected chi connectivity index (χ0v) is 35.0. The Morgan fingerprint density at radius 2 is 0.981 bits per heavy atom. The molecule has 0 amide bonds. The molecule has 54 heavy (non-hydrogen) atoms. The van der Waals surface area contributed by atoms with Gasteiger partial charge in [0.2, 0.25) is 11.5 Å². The fraction of sp³-hybridized carbons (Fsp3) is 0.600. The fourth-order valence-electron chi connectivity index (χ4n) is 9.00. The lowest BCUT2D eigenvalue weighted by atomic mass is 9.86. The number of phenols is 1. The lowest BCUT2D eigenvalue weighted by molar-refractivity contribution is 0.193. The van der Waals surface area contributed by atoms with Crippen molar-refractivity contribution in [3.63, 3.8) is 0 Å². The maximum absolute atomic E-state index is 12.0. The van der Waals surface area contributed by atoms with E-state index in [0.717, 1.165) is 74.8 Å². The summed E-state index contributed by atoms with van der Waals surface area (Å²) in [7, 11) is 11.6. The summed E-state index contributed by atoms with van der Waals surface area (Å²) < 4.78 is 32.6. The molecule has 9 nitrogen and oxygen atoms in total. The second-order valence-corrected chi connectivity index (χ2v) is 17.2. The van der Waals surface area contributed by atoms with Crippen LogP contribution in [0.3, 0.4) is 0 Å². The predicted octanol–water partition coefficient (Wildman–Crippen LogP) is 9.73. The normalized spacial score (nSPS) is 20.5. The van der Waals surface area contributed by atoms with Crippen LogP contribution < -0.4 is 23.7 Å². The van der Waals surface area contributed by atoms with Crippen molar-refractivity contribution in [3.05, 3.63) is 57.6 Å². The number of likely N-dealkylation sites (N-methyl/N-ethyl adjacent to an activating group) is 3. The Morgan fingerprint density at radius 1 is 0.537 bits per heavy atom. The van der Waals surface area contributed by atoms with Gasteiger partial charge in [0.15, 0.2) is 34.5 Å². The van der Waals surface area contributed by atoms with E-state index in [1.807, 2.05) is 6.07 Å². The highest BCUT2D eigenvalue weighted by atomic mass is 16.6. The van der Waals surface area contributed by atoms with E-state index in [1.54, 1.807) is 21.3 Å². The second kappa shape index (κ2) is 16.6. The van der Waals surface area contributed by atoms with E-state index in [0.29, 0.717) is 58.0 Å². The molecule has 296 valence electrons. The van der Waals surface area contributed by atoms with Crippen LogP contribution in [0.5, 0.6) is 46.0 Å². The predicted molar refractivity (Wildman–Crippen MR) is 216 cm³/mol. The fourth-order valence-corrected chi connectivity index (χ4v) is 9.00. The van der Waals surface area contributed by atoms with E-state index in [2.05, 4.69) is 95.6 Å². The van der Waals surface area contributed by atoms with Crippen LogP contribution >= 0.6 is 0 Å². The van der Waals surface area contributed by atoms with Crippen molar-refractivity contribution in [2.45, 2.75) is 98.2 Å². The summed E-state index contributed by atoms with van der Waals surface area (Å²) in [4.78, 5) is 7.27. The van der Waals surface area contributed by atoms with Crippen LogP contribution in [0.4, 0.5) is 0 Å². The SMILES string of the molecule is COc1cc2c(cc1Oc1c(Oc3c(O)c(OC)cc4c3[C@@H](CC(C)C)N(C)CC4)c(OC)cc3c1[C@@H](CC(C)C)N(C)CC3)[C@@H](CC(C)C)N(C)CC2. The third-order valence-corrected chi connectivity index (χ3v) is 11.9. The first-order chi connectivity index (χ1) is 25.8. The number of hydrogen-bond acceptors (Lipinski definition) is 9. The summed E-state index contributed by atoms with van der Waals surface area (Å²) in [6.45, 7) is 16.4. The van der Waals surface area contributed by atoms with Gasteiger partial charge in [-0.3, -0.25) is 14.7 Å². The molecule has 1 N–H and O–H groups in total. The Kier molecular flexibility index (Phi) is 12.3. The molecule has 6 rings (SSSR count). The Labute approximate surface area is 324 Å². The highest BCUT2D eigenvalue weighted by Crippen LogP contribution is 2.57. The number of hydrogen-bond donors (Lipinski definition) is 1. The van der Waals surface area contributed by atoms with Gasteiger partial charge in [0.25, 0.3) is 0 Å². The molecule has 0 saturated carbocycles. The highest BCUT2D eigenvalue weighted by molar-refractivity contribution is 5.67. The number of benzene rings is 3. The minimum atomic E-state index is -0.0206. The minimum absolute atomic E-state index is 0.0206. The van der Waals surface area contributed by atoms with Crippen molar-refractivity contribution in [1.29, 1.82) is 0 Å². The standard InChI is InChI=1S/C45H65N3O6/c1-26(2)19-33-32-25-37(36(50-10)22-29(32)13-16-46(33)7)53-45-41-31(15-18-48(9)35(41)21-28(5)6)24-39(52-12)43(45)54-44-40-30(23-38(51-11)42(44)49)14-17-47(8)34(40)20-27(3)4/h22-28,33-35,49H,13-21H2,1-12H3/t33-,34-,35-/m1/s1. The zero-order valence-electron chi connectivity index (χ0n) is 35.0. The van der Waals surface area contributed by atoms with E-state index in [-0.39, 0.29) is 23.9 Å². The van der Waals surface area contributed by atoms with Crippen molar-refractivity contribution in [3.8, 4) is 46.0 Å². The molecule has 0 spiro atoms. The Bertz CT molecular complexity index is 1810. The molecule has 9 heteroatoms. The summed E-state index contributed by atoms with van der Waals surface area (Å²) in [5, 5.41) is 12.0. The largest absolute Gasteiger partial charge is 0.502 e. The summed E-state index contributed by atoms with van der Waals surface area (Å²) in [6, 6.07) is 8.87. The number of ether oxygens (including phenoxy) is 5. The smallest absolute Gasteiger partial charge is 0.212 e. The molecule has 3 aromatic carbocycles. The Morgan fingerprint density at radius 3 is 1.50 bits per heavy atom. The lowest BCUT2D eigenvalue weighted by Gasteiger charge is -2.39. The van der Waals surface area contributed by atoms with Crippen LogP contribution in [-0.2, 0) is 19.3 Å². The molecule has 3 heterocycles. The summed E-state index contributed by atoms with van der Waals surface area (Å²) in [5.41, 5.74) is 6.97. The summed E-state index contributed by atoms with van der Waals surface area (Å²) in [6.07, 6.45) is 5.51. The third-order valence-electron chi connectivity index (χ3n) is 11.9. The van der Waals surface area contributed by atoms with E-state index < -0.39 is 0 Å². The first kappa shape index (κ1) is 40.0. The first-order valence-electron chi connectivity index (χ1n) is 20.1. The topological polar surface area (TPSA) is 76.1 Å². The zero-order chi connectivity index (χ0) is 39.0. The van der Waals surface area contributed by atoms with E-state index in [9.17, 15) is 5.11 Å². The molecular weight excluding hydrogens is 679 g/mol. The van der Waals surface area contributed by atoms with Crippen LogP contribution in [0.1, 0.15) is 112 Å². The molecule has 0 aromatic heterocycles. The van der Waals surface area contributed by atoms with Crippen LogP contribution in [0.25, 0.3) is 0 Å². The van der Waals surface area contributed by atoms with Gasteiger partial charge in [0, 0.05) is 48.9 Å². The molecule has 0 unspecified atom stereocenters. The van der Waals surface area contributed by atoms with Crippen LogP contribution in [0.15, 0.2) is 24.3 Å². The average Bonchev–Trinajstić information content (AvgIpc) is 3.12. The minimum Gasteiger partial charge on any atom is -0.502 e. The molecule has 0 saturated heterocycles. The first-order valence-corrected chi connectivity index (χ1v) is 20.1. The van der Waals surface area contributed by atoms with Crippen LogP contribution in [0.2, 0.25) is 0 Å². The van der Waals surface area contributed by atoms with Crippen molar-refractivity contribution in [2.24, 2.45) is 17.8 Å². The van der Waals surface area contributed by atoms with Gasteiger partial charge < -0.3 is 28.8 Å².